The molecule has 2 aliphatic heterocycles. The Morgan fingerprint density at radius 3 is 2.21 bits per heavy atom. The van der Waals surface area contributed by atoms with E-state index in [9.17, 15) is 0 Å². The van der Waals surface area contributed by atoms with Crippen molar-refractivity contribution in [2.75, 3.05) is 26.2 Å². The zero-order valence-electron chi connectivity index (χ0n) is 11.9. The van der Waals surface area contributed by atoms with E-state index in [1.807, 2.05) is 0 Å². The normalized spacial score (nSPS) is 27.6. The van der Waals surface area contributed by atoms with Crippen molar-refractivity contribution < 1.29 is 0 Å². The first-order valence-corrected chi connectivity index (χ1v) is 7.90. The second-order valence-electron chi connectivity index (χ2n) is 6.14. The third-order valence-electron chi connectivity index (χ3n) is 4.65. The van der Waals surface area contributed by atoms with Gasteiger partial charge in [-0.05, 0) is 51.6 Å². The van der Waals surface area contributed by atoms with Gasteiger partial charge in [0.1, 0.15) is 0 Å². The molecule has 1 aliphatic carbocycles. The van der Waals surface area contributed by atoms with E-state index < -0.39 is 0 Å². The molecule has 3 rings (SSSR count). The quantitative estimate of drug-likeness (QED) is 0.337. The van der Waals surface area contributed by atoms with E-state index >= 15 is 0 Å². The summed E-state index contributed by atoms with van der Waals surface area (Å²) >= 11 is 0. The summed E-state index contributed by atoms with van der Waals surface area (Å²) in [5.74, 6) is 6.54. The Bertz CT molecular complexity index is 312. The fourth-order valence-corrected chi connectivity index (χ4v) is 3.31. The molecule has 0 bridgehead atoms. The summed E-state index contributed by atoms with van der Waals surface area (Å²) < 4.78 is 0. The lowest BCUT2D eigenvalue weighted by Gasteiger charge is -2.40. The first-order valence-electron chi connectivity index (χ1n) is 7.90. The van der Waals surface area contributed by atoms with E-state index in [-0.39, 0.29) is 0 Å². The van der Waals surface area contributed by atoms with Crippen molar-refractivity contribution in [2.24, 2.45) is 10.8 Å². The molecule has 108 valence electrons. The molecular formula is C14H27N5. The molecule has 0 radical (unpaired) electrons. The molecule has 0 aromatic rings. The van der Waals surface area contributed by atoms with Gasteiger partial charge in [-0.2, -0.15) is 0 Å². The van der Waals surface area contributed by atoms with E-state index in [4.69, 9.17) is 5.84 Å². The second kappa shape index (κ2) is 6.09. The molecule has 0 aromatic carbocycles. The molecule has 5 heteroatoms. The van der Waals surface area contributed by atoms with Crippen LogP contribution in [0.1, 0.15) is 44.9 Å². The van der Waals surface area contributed by atoms with Crippen molar-refractivity contribution in [1.82, 2.24) is 15.2 Å². The van der Waals surface area contributed by atoms with Gasteiger partial charge in [-0.15, -0.1) is 0 Å². The monoisotopic (exact) mass is 265 g/mol. The van der Waals surface area contributed by atoms with Crippen LogP contribution in [0.2, 0.25) is 0 Å². The van der Waals surface area contributed by atoms with Crippen LogP contribution in [0.5, 0.6) is 0 Å². The summed E-state index contributed by atoms with van der Waals surface area (Å²) in [5.41, 5.74) is 2.80. The summed E-state index contributed by atoms with van der Waals surface area (Å²) in [5, 5.41) is 0. The highest BCUT2D eigenvalue weighted by molar-refractivity contribution is 5.79. The minimum atomic E-state index is 0.533. The number of hydrogen-bond donors (Lipinski definition) is 2. The largest absolute Gasteiger partial charge is 0.342 e. The van der Waals surface area contributed by atoms with Crippen LogP contribution in [0.4, 0.5) is 0 Å². The van der Waals surface area contributed by atoms with Crippen LogP contribution >= 0.6 is 0 Å². The molecule has 3 fully saturated rings. The van der Waals surface area contributed by atoms with Gasteiger partial charge in [0.25, 0.3) is 0 Å². The van der Waals surface area contributed by atoms with E-state index in [1.54, 1.807) is 0 Å². The summed E-state index contributed by atoms with van der Waals surface area (Å²) in [7, 11) is 0. The van der Waals surface area contributed by atoms with Gasteiger partial charge in [-0.3, -0.25) is 5.43 Å². The standard InChI is InChI=1S/C14H27N5/c15-17-14(16-12-4-5-12)19-10-6-13(7-11-19)18-8-2-1-3-9-18/h12-13H,1-11,15H2,(H,16,17). The molecule has 19 heavy (non-hydrogen) atoms. The van der Waals surface area contributed by atoms with Crippen LogP contribution in [0, 0.1) is 0 Å². The number of piperidine rings is 2. The number of aliphatic imine (C=N–C) groups is 1. The maximum absolute atomic E-state index is 5.62. The number of guanidine groups is 1. The molecule has 3 aliphatic rings. The SMILES string of the molecule is NNC(=NC1CC1)N1CCC(N2CCCCC2)CC1. The lowest BCUT2D eigenvalue weighted by Crippen LogP contribution is -2.52. The van der Waals surface area contributed by atoms with E-state index in [1.165, 1.54) is 58.0 Å². The number of nitrogens with two attached hydrogens (primary N) is 1. The predicted octanol–water partition coefficient (Wildman–Crippen LogP) is 0.918. The van der Waals surface area contributed by atoms with Gasteiger partial charge in [0, 0.05) is 19.1 Å². The Labute approximate surface area is 116 Å². The number of hydrogen-bond acceptors (Lipinski definition) is 3. The molecule has 0 spiro atoms. The molecule has 2 heterocycles. The molecule has 0 aromatic heterocycles. The fraction of sp³-hybridized carbons (Fsp3) is 0.929. The van der Waals surface area contributed by atoms with Crippen molar-refractivity contribution in [3.63, 3.8) is 0 Å². The van der Waals surface area contributed by atoms with Crippen LogP contribution in [-0.2, 0) is 0 Å². The summed E-state index contributed by atoms with van der Waals surface area (Å²) in [6.07, 6.45) is 9.17. The van der Waals surface area contributed by atoms with E-state index in [2.05, 4.69) is 20.2 Å². The van der Waals surface area contributed by atoms with Crippen LogP contribution < -0.4 is 11.3 Å². The van der Waals surface area contributed by atoms with Gasteiger partial charge in [0.2, 0.25) is 5.96 Å². The molecule has 3 N–H and O–H groups in total. The smallest absolute Gasteiger partial charge is 0.208 e. The highest BCUT2D eigenvalue weighted by Crippen LogP contribution is 2.25. The van der Waals surface area contributed by atoms with Crippen molar-refractivity contribution in [3.8, 4) is 0 Å². The summed E-state index contributed by atoms with van der Waals surface area (Å²) in [6.45, 7) is 4.81. The Balaban J connectivity index is 1.50. The van der Waals surface area contributed by atoms with Gasteiger partial charge < -0.3 is 9.80 Å². The third-order valence-corrected chi connectivity index (χ3v) is 4.65. The van der Waals surface area contributed by atoms with E-state index in [0.717, 1.165) is 25.1 Å². The predicted molar refractivity (Wildman–Crippen MR) is 77.8 cm³/mol. The van der Waals surface area contributed by atoms with Gasteiger partial charge in [-0.25, -0.2) is 10.8 Å². The molecule has 5 nitrogen and oxygen atoms in total. The van der Waals surface area contributed by atoms with Gasteiger partial charge >= 0.3 is 0 Å². The molecule has 0 unspecified atom stereocenters. The van der Waals surface area contributed by atoms with Gasteiger partial charge in [0.05, 0.1) is 6.04 Å². The summed E-state index contributed by atoms with van der Waals surface area (Å²) in [6, 6.07) is 1.32. The maximum atomic E-state index is 5.62. The fourth-order valence-electron chi connectivity index (χ4n) is 3.31. The lowest BCUT2D eigenvalue weighted by atomic mass is 10.00. The van der Waals surface area contributed by atoms with Gasteiger partial charge in [0.15, 0.2) is 0 Å². The first-order chi connectivity index (χ1) is 9.36. The van der Waals surface area contributed by atoms with Crippen molar-refractivity contribution in [2.45, 2.75) is 57.0 Å². The van der Waals surface area contributed by atoms with Crippen LogP contribution in [-0.4, -0.2) is 54.0 Å². The average molecular weight is 265 g/mol. The Morgan fingerprint density at radius 1 is 0.947 bits per heavy atom. The Morgan fingerprint density at radius 2 is 1.63 bits per heavy atom. The van der Waals surface area contributed by atoms with Crippen LogP contribution in [0.3, 0.4) is 0 Å². The van der Waals surface area contributed by atoms with Crippen molar-refractivity contribution in [1.29, 1.82) is 0 Å². The third kappa shape index (κ3) is 3.39. The van der Waals surface area contributed by atoms with Crippen LogP contribution in [0.25, 0.3) is 0 Å². The minimum Gasteiger partial charge on any atom is -0.342 e. The topological polar surface area (TPSA) is 56.9 Å². The van der Waals surface area contributed by atoms with E-state index in [0.29, 0.717) is 6.04 Å². The Kier molecular flexibility index (Phi) is 4.23. The van der Waals surface area contributed by atoms with Crippen molar-refractivity contribution in [3.05, 3.63) is 0 Å². The number of hydrazine groups is 1. The molecule has 0 atom stereocenters. The number of nitrogens with zero attached hydrogens (tertiary/aromatic N) is 3. The molecule has 2 saturated heterocycles. The second-order valence-corrected chi connectivity index (χ2v) is 6.14. The van der Waals surface area contributed by atoms with Crippen molar-refractivity contribution >= 4 is 5.96 Å². The Hall–Kier alpha value is -0.810. The number of nitrogens with one attached hydrogen (secondary N) is 1. The maximum Gasteiger partial charge on any atom is 0.208 e. The number of likely N-dealkylation sites (tertiary alicyclic amines) is 2. The average Bonchev–Trinajstić information content (AvgIpc) is 3.30. The zero-order chi connectivity index (χ0) is 13.1. The first kappa shape index (κ1) is 13.2. The molecule has 1 saturated carbocycles. The summed E-state index contributed by atoms with van der Waals surface area (Å²) in [4.78, 5) is 9.70. The highest BCUT2D eigenvalue weighted by atomic mass is 15.4. The molecule has 0 amide bonds. The van der Waals surface area contributed by atoms with Crippen LogP contribution in [0.15, 0.2) is 4.99 Å². The lowest BCUT2D eigenvalue weighted by molar-refractivity contribution is 0.114. The molecular weight excluding hydrogens is 238 g/mol. The minimum absolute atomic E-state index is 0.533. The number of rotatable bonds is 2. The van der Waals surface area contributed by atoms with Gasteiger partial charge in [-0.1, -0.05) is 6.42 Å². The zero-order valence-corrected chi connectivity index (χ0v) is 11.9. The highest BCUT2D eigenvalue weighted by Gasteiger charge is 2.28.